The number of aromatic nitrogens is 2. The van der Waals surface area contributed by atoms with Crippen LogP contribution in [0.2, 0.25) is 10.0 Å². The maximum Gasteiger partial charge on any atom is 0.359 e. The van der Waals surface area contributed by atoms with Crippen molar-refractivity contribution in [3.63, 3.8) is 0 Å². The summed E-state index contributed by atoms with van der Waals surface area (Å²) in [6.07, 6.45) is 0. The van der Waals surface area contributed by atoms with Crippen molar-refractivity contribution in [1.29, 1.82) is 0 Å². The number of anilines is 2. The van der Waals surface area contributed by atoms with Crippen LogP contribution in [0.5, 0.6) is 0 Å². The van der Waals surface area contributed by atoms with Crippen LogP contribution in [0.25, 0.3) is 0 Å². The quantitative estimate of drug-likeness (QED) is 0.907. The van der Waals surface area contributed by atoms with E-state index in [9.17, 15) is 4.79 Å². The molecule has 0 radical (unpaired) electrons. The highest BCUT2D eigenvalue weighted by atomic mass is 35.5. The molecule has 0 bridgehead atoms. The molecular weight excluding hydrogens is 285 g/mol. The number of nitrogens with one attached hydrogen (secondary N) is 1. The molecule has 8 heteroatoms. The van der Waals surface area contributed by atoms with Gasteiger partial charge in [-0.05, 0) is 18.2 Å². The zero-order chi connectivity index (χ0) is 12.4. The predicted octanol–water partition coefficient (Wildman–Crippen LogP) is 3.29. The van der Waals surface area contributed by atoms with Gasteiger partial charge in [-0.15, -0.1) is 5.10 Å². The Morgan fingerprint density at radius 2 is 2.12 bits per heavy atom. The summed E-state index contributed by atoms with van der Waals surface area (Å²) in [5.74, 6) is -1.14. The first kappa shape index (κ1) is 12.1. The van der Waals surface area contributed by atoms with E-state index in [4.69, 9.17) is 28.3 Å². The summed E-state index contributed by atoms with van der Waals surface area (Å²) >= 11 is 12.6. The summed E-state index contributed by atoms with van der Waals surface area (Å²) in [4.78, 5) is 10.8. The van der Waals surface area contributed by atoms with Crippen molar-refractivity contribution in [2.75, 3.05) is 5.32 Å². The number of hydrogen-bond acceptors (Lipinski definition) is 5. The number of rotatable bonds is 3. The first-order chi connectivity index (χ1) is 8.08. The third kappa shape index (κ3) is 2.66. The molecule has 0 unspecified atom stereocenters. The molecule has 0 aliphatic rings. The Hall–Kier alpha value is -1.37. The number of hydrogen-bond donors (Lipinski definition) is 2. The molecule has 0 spiro atoms. The Morgan fingerprint density at radius 1 is 1.35 bits per heavy atom. The van der Waals surface area contributed by atoms with E-state index in [1.54, 1.807) is 18.2 Å². The van der Waals surface area contributed by atoms with Crippen LogP contribution >= 0.6 is 34.7 Å². The number of benzene rings is 1. The molecule has 5 nitrogen and oxygen atoms in total. The van der Waals surface area contributed by atoms with Gasteiger partial charge in [-0.3, -0.25) is 0 Å². The Kier molecular flexibility index (Phi) is 3.46. The van der Waals surface area contributed by atoms with E-state index >= 15 is 0 Å². The molecule has 1 heterocycles. The Balaban J connectivity index is 2.28. The number of carboxylic acids is 1. The van der Waals surface area contributed by atoms with E-state index in [0.717, 1.165) is 11.5 Å². The fraction of sp³-hybridized carbons (Fsp3) is 0. The van der Waals surface area contributed by atoms with Gasteiger partial charge in [-0.25, -0.2) is 4.79 Å². The van der Waals surface area contributed by atoms with Crippen LogP contribution in [0, 0.1) is 0 Å². The van der Waals surface area contributed by atoms with Gasteiger partial charge >= 0.3 is 5.97 Å². The van der Waals surface area contributed by atoms with Gasteiger partial charge in [-0.1, -0.05) is 27.7 Å². The zero-order valence-electron chi connectivity index (χ0n) is 8.15. The molecule has 2 aromatic rings. The lowest BCUT2D eigenvalue weighted by molar-refractivity contribution is 0.0691. The molecule has 0 saturated carbocycles. The maximum absolute atomic E-state index is 10.8. The highest BCUT2D eigenvalue weighted by molar-refractivity contribution is 7.10. The minimum Gasteiger partial charge on any atom is -0.476 e. The van der Waals surface area contributed by atoms with Gasteiger partial charge in [-0.2, -0.15) is 0 Å². The highest BCUT2D eigenvalue weighted by Gasteiger charge is 2.15. The van der Waals surface area contributed by atoms with E-state index in [0.29, 0.717) is 20.7 Å². The number of carboxylic acid groups (broad SMARTS) is 1. The molecule has 0 aliphatic carbocycles. The minimum atomic E-state index is -1.14. The average molecular weight is 290 g/mol. The van der Waals surface area contributed by atoms with Gasteiger partial charge in [0.25, 0.3) is 0 Å². The molecule has 1 aromatic heterocycles. The predicted molar refractivity (Wildman–Crippen MR) is 66.6 cm³/mol. The molecule has 0 amide bonds. The first-order valence-corrected chi connectivity index (χ1v) is 5.88. The second-order valence-corrected chi connectivity index (χ2v) is 4.58. The van der Waals surface area contributed by atoms with E-state index < -0.39 is 5.97 Å². The highest BCUT2D eigenvalue weighted by Crippen LogP contribution is 2.28. The van der Waals surface area contributed by atoms with Crippen molar-refractivity contribution in [3.8, 4) is 0 Å². The Bertz CT molecular complexity index is 573. The molecule has 88 valence electrons. The van der Waals surface area contributed by atoms with Crippen LogP contribution in [0.4, 0.5) is 10.7 Å². The molecule has 0 aliphatic heterocycles. The lowest BCUT2D eigenvalue weighted by Gasteiger charge is -2.04. The lowest BCUT2D eigenvalue weighted by atomic mass is 10.3. The molecule has 0 atom stereocenters. The molecule has 1 aromatic carbocycles. The van der Waals surface area contributed by atoms with Crippen LogP contribution in [-0.2, 0) is 0 Å². The van der Waals surface area contributed by atoms with Gasteiger partial charge in [0.2, 0.25) is 5.69 Å². The monoisotopic (exact) mass is 289 g/mol. The van der Waals surface area contributed by atoms with E-state index in [1.807, 2.05) is 0 Å². The van der Waals surface area contributed by atoms with Crippen molar-refractivity contribution in [3.05, 3.63) is 33.9 Å². The topological polar surface area (TPSA) is 75.1 Å². The third-order valence-corrected chi connectivity index (χ3v) is 3.25. The molecule has 2 rings (SSSR count). The summed E-state index contributed by atoms with van der Waals surface area (Å²) in [7, 11) is 0. The largest absolute Gasteiger partial charge is 0.476 e. The van der Waals surface area contributed by atoms with Gasteiger partial charge in [0.15, 0.2) is 0 Å². The maximum atomic E-state index is 10.8. The van der Waals surface area contributed by atoms with Crippen molar-refractivity contribution < 1.29 is 9.90 Å². The first-order valence-electron chi connectivity index (χ1n) is 4.35. The normalized spacial score (nSPS) is 10.2. The Labute approximate surface area is 110 Å². The lowest BCUT2D eigenvalue weighted by Crippen LogP contribution is -2.01. The zero-order valence-corrected chi connectivity index (χ0v) is 10.5. The fourth-order valence-electron chi connectivity index (χ4n) is 1.12. The number of nitrogens with zero attached hydrogens (tertiary/aromatic N) is 2. The van der Waals surface area contributed by atoms with Gasteiger partial charge in [0.05, 0.1) is 10.0 Å². The van der Waals surface area contributed by atoms with Crippen LogP contribution in [0.15, 0.2) is 18.2 Å². The second kappa shape index (κ2) is 4.87. The summed E-state index contributed by atoms with van der Waals surface area (Å²) in [5, 5.41) is 16.4. The molecule has 0 fully saturated rings. The van der Waals surface area contributed by atoms with E-state index in [1.165, 1.54) is 0 Å². The van der Waals surface area contributed by atoms with E-state index in [2.05, 4.69) is 14.9 Å². The fourth-order valence-corrected chi connectivity index (χ4v) is 2.00. The summed E-state index contributed by atoms with van der Waals surface area (Å²) in [5.41, 5.74) is 0.494. The average Bonchev–Trinajstić information content (AvgIpc) is 2.72. The van der Waals surface area contributed by atoms with E-state index in [-0.39, 0.29) is 5.69 Å². The van der Waals surface area contributed by atoms with Crippen molar-refractivity contribution in [2.24, 2.45) is 0 Å². The van der Waals surface area contributed by atoms with Crippen LogP contribution in [0.3, 0.4) is 0 Å². The minimum absolute atomic E-state index is 0.124. The number of carbonyl (C=O) groups is 1. The summed E-state index contributed by atoms with van der Waals surface area (Å²) in [6, 6.07) is 4.88. The second-order valence-electron chi connectivity index (χ2n) is 3.01. The molecule has 0 saturated heterocycles. The summed E-state index contributed by atoms with van der Waals surface area (Å²) in [6.45, 7) is 0. The van der Waals surface area contributed by atoms with Crippen LogP contribution in [0.1, 0.15) is 10.5 Å². The van der Waals surface area contributed by atoms with Crippen molar-refractivity contribution in [1.82, 2.24) is 9.59 Å². The van der Waals surface area contributed by atoms with Gasteiger partial charge in [0, 0.05) is 17.2 Å². The Morgan fingerprint density at radius 3 is 2.76 bits per heavy atom. The standard InChI is InChI=1S/C9H5Cl2N3O2S/c10-5-2-1-4(3-6(5)11)12-8-7(9(15)16)13-14-17-8/h1-3,12H,(H,15,16). The van der Waals surface area contributed by atoms with Crippen LogP contribution in [-0.4, -0.2) is 20.7 Å². The summed E-state index contributed by atoms with van der Waals surface area (Å²) < 4.78 is 3.57. The third-order valence-electron chi connectivity index (χ3n) is 1.87. The van der Waals surface area contributed by atoms with Crippen molar-refractivity contribution in [2.45, 2.75) is 0 Å². The number of aromatic carboxylic acids is 1. The molecule has 17 heavy (non-hydrogen) atoms. The number of halogens is 2. The van der Waals surface area contributed by atoms with Crippen LogP contribution < -0.4 is 5.32 Å². The SMILES string of the molecule is O=C(O)c1nnsc1Nc1ccc(Cl)c(Cl)c1. The smallest absolute Gasteiger partial charge is 0.359 e. The molecule has 2 N–H and O–H groups in total. The van der Waals surface area contributed by atoms with Crippen molar-refractivity contribution >= 4 is 51.4 Å². The van der Waals surface area contributed by atoms with Gasteiger partial charge in [0.1, 0.15) is 5.00 Å². The molecular formula is C9H5Cl2N3O2S. The van der Waals surface area contributed by atoms with Gasteiger partial charge < -0.3 is 10.4 Å².